The SMILES string of the molecule is NSc1ccc(-c2csc(N)n2)cc1. The molecule has 1 aromatic heterocycles. The van der Waals surface area contributed by atoms with Crippen molar-refractivity contribution in [2.24, 2.45) is 5.14 Å². The predicted molar refractivity (Wildman–Crippen MR) is 62.0 cm³/mol. The zero-order valence-electron chi connectivity index (χ0n) is 7.31. The fourth-order valence-electron chi connectivity index (χ4n) is 1.12. The Hall–Kier alpha value is -1.04. The van der Waals surface area contributed by atoms with Crippen LogP contribution in [0.25, 0.3) is 11.3 Å². The number of anilines is 1. The molecule has 0 saturated heterocycles. The molecule has 0 amide bonds. The van der Waals surface area contributed by atoms with E-state index in [0.29, 0.717) is 5.13 Å². The molecule has 0 saturated carbocycles. The Kier molecular flexibility index (Phi) is 2.72. The van der Waals surface area contributed by atoms with Gasteiger partial charge in [0.1, 0.15) is 0 Å². The third-order valence-electron chi connectivity index (χ3n) is 1.81. The highest BCUT2D eigenvalue weighted by atomic mass is 32.2. The summed E-state index contributed by atoms with van der Waals surface area (Å²) in [6.45, 7) is 0. The molecule has 2 aromatic rings. The van der Waals surface area contributed by atoms with Crippen LogP contribution in [0.2, 0.25) is 0 Å². The molecule has 0 fully saturated rings. The van der Waals surface area contributed by atoms with Crippen LogP contribution >= 0.6 is 23.3 Å². The highest BCUT2D eigenvalue weighted by Gasteiger charge is 2.01. The van der Waals surface area contributed by atoms with Crippen molar-refractivity contribution >= 4 is 28.4 Å². The number of hydrogen-bond acceptors (Lipinski definition) is 5. The first kappa shape index (κ1) is 9.51. The van der Waals surface area contributed by atoms with Gasteiger partial charge in [0.2, 0.25) is 0 Å². The fourth-order valence-corrected chi connectivity index (χ4v) is 1.99. The van der Waals surface area contributed by atoms with E-state index in [2.05, 4.69) is 4.98 Å². The van der Waals surface area contributed by atoms with E-state index in [0.717, 1.165) is 16.2 Å². The van der Waals surface area contributed by atoms with Gasteiger partial charge in [-0.2, -0.15) is 0 Å². The van der Waals surface area contributed by atoms with E-state index in [-0.39, 0.29) is 0 Å². The summed E-state index contributed by atoms with van der Waals surface area (Å²) in [6, 6.07) is 7.92. The molecule has 0 aliphatic carbocycles. The van der Waals surface area contributed by atoms with Crippen LogP contribution in [0.4, 0.5) is 5.13 Å². The van der Waals surface area contributed by atoms with Crippen LogP contribution in [0.3, 0.4) is 0 Å². The molecule has 5 heteroatoms. The topological polar surface area (TPSA) is 64.9 Å². The van der Waals surface area contributed by atoms with Gasteiger partial charge in [-0.1, -0.05) is 12.1 Å². The lowest BCUT2D eigenvalue weighted by molar-refractivity contribution is 1.39. The molecule has 0 aliphatic heterocycles. The number of thiazole rings is 1. The van der Waals surface area contributed by atoms with Gasteiger partial charge in [0.25, 0.3) is 0 Å². The largest absolute Gasteiger partial charge is 0.375 e. The number of nitrogens with two attached hydrogens (primary N) is 2. The van der Waals surface area contributed by atoms with Gasteiger partial charge < -0.3 is 5.73 Å². The maximum atomic E-state index is 5.56. The second-order valence-electron chi connectivity index (χ2n) is 2.71. The van der Waals surface area contributed by atoms with Crippen LogP contribution in [0, 0.1) is 0 Å². The maximum absolute atomic E-state index is 5.56. The monoisotopic (exact) mass is 223 g/mol. The minimum absolute atomic E-state index is 0.595. The van der Waals surface area contributed by atoms with Gasteiger partial charge in [0.15, 0.2) is 5.13 Å². The number of nitrogens with zero attached hydrogens (tertiary/aromatic N) is 1. The normalized spacial score (nSPS) is 10.4. The zero-order chi connectivity index (χ0) is 9.97. The molecular weight excluding hydrogens is 214 g/mol. The van der Waals surface area contributed by atoms with Crippen molar-refractivity contribution in [3.63, 3.8) is 0 Å². The van der Waals surface area contributed by atoms with Gasteiger partial charge in [-0.15, -0.1) is 11.3 Å². The van der Waals surface area contributed by atoms with Crippen molar-refractivity contribution in [2.45, 2.75) is 4.90 Å². The average molecular weight is 223 g/mol. The van der Waals surface area contributed by atoms with Gasteiger partial charge in [-0.25, -0.2) is 4.98 Å². The Bertz CT molecular complexity index is 422. The first-order valence-corrected chi connectivity index (χ1v) is 5.73. The summed E-state index contributed by atoms with van der Waals surface area (Å²) in [5.74, 6) is 0. The van der Waals surface area contributed by atoms with Crippen molar-refractivity contribution in [1.29, 1.82) is 0 Å². The summed E-state index contributed by atoms with van der Waals surface area (Å²) in [6.07, 6.45) is 0. The van der Waals surface area contributed by atoms with E-state index in [1.807, 2.05) is 29.6 Å². The Balaban J connectivity index is 2.33. The van der Waals surface area contributed by atoms with Crippen LogP contribution in [-0.4, -0.2) is 4.98 Å². The Morgan fingerprint density at radius 1 is 1.21 bits per heavy atom. The molecule has 0 radical (unpaired) electrons. The van der Waals surface area contributed by atoms with E-state index in [9.17, 15) is 0 Å². The van der Waals surface area contributed by atoms with Gasteiger partial charge in [0, 0.05) is 15.8 Å². The summed E-state index contributed by atoms with van der Waals surface area (Å²) >= 11 is 2.68. The highest BCUT2D eigenvalue weighted by molar-refractivity contribution is 7.97. The second-order valence-corrected chi connectivity index (χ2v) is 4.31. The van der Waals surface area contributed by atoms with Crippen LogP contribution in [0.1, 0.15) is 0 Å². The molecule has 1 heterocycles. The number of hydrogen-bond donors (Lipinski definition) is 2. The fraction of sp³-hybridized carbons (Fsp3) is 0. The molecule has 14 heavy (non-hydrogen) atoms. The average Bonchev–Trinajstić information content (AvgIpc) is 2.65. The number of rotatable bonds is 2. The maximum Gasteiger partial charge on any atom is 0.180 e. The first-order valence-electron chi connectivity index (χ1n) is 3.98. The summed E-state index contributed by atoms with van der Waals surface area (Å²) in [4.78, 5) is 5.23. The quantitative estimate of drug-likeness (QED) is 0.767. The molecule has 0 aliphatic rings. The lowest BCUT2D eigenvalue weighted by Crippen LogP contribution is -1.83. The molecule has 2 rings (SSSR count). The third-order valence-corrected chi connectivity index (χ3v) is 3.03. The van der Waals surface area contributed by atoms with Crippen molar-refractivity contribution in [1.82, 2.24) is 4.98 Å². The molecule has 0 atom stereocenters. The standard InChI is InChI=1S/C9H9N3S2/c10-9-12-8(5-13-9)6-1-3-7(14-11)4-2-6/h1-5H,11H2,(H2,10,12). The first-order chi connectivity index (χ1) is 6.79. The highest BCUT2D eigenvalue weighted by Crippen LogP contribution is 2.24. The van der Waals surface area contributed by atoms with E-state index in [1.54, 1.807) is 0 Å². The number of benzene rings is 1. The van der Waals surface area contributed by atoms with E-state index in [1.165, 1.54) is 23.3 Å². The molecule has 1 aromatic carbocycles. The molecule has 3 nitrogen and oxygen atoms in total. The molecule has 72 valence electrons. The van der Waals surface area contributed by atoms with E-state index >= 15 is 0 Å². The second kappa shape index (κ2) is 4.00. The number of aromatic nitrogens is 1. The van der Waals surface area contributed by atoms with Crippen LogP contribution in [-0.2, 0) is 0 Å². The summed E-state index contributed by atoms with van der Waals surface area (Å²) < 4.78 is 0. The summed E-state index contributed by atoms with van der Waals surface area (Å²) in [5, 5.41) is 7.96. The number of nitrogen functional groups attached to an aromatic ring is 1. The predicted octanol–water partition coefficient (Wildman–Crippen LogP) is 2.36. The molecular formula is C9H9N3S2. The van der Waals surface area contributed by atoms with Gasteiger partial charge in [-0.05, 0) is 24.1 Å². The van der Waals surface area contributed by atoms with Crippen molar-refractivity contribution in [3.8, 4) is 11.3 Å². The zero-order valence-corrected chi connectivity index (χ0v) is 8.94. The summed E-state index contributed by atoms with van der Waals surface area (Å²) in [5.41, 5.74) is 7.54. The van der Waals surface area contributed by atoms with E-state index in [4.69, 9.17) is 10.9 Å². The lowest BCUT2D eigenvalue weighted by atomic mass is 10.2. The van der Waals surface area contributed by atoms with Crippen LogP contribution < -0.4 is 10.9 Å². The van der Waals surface area contributed by atoms with Gasteiger partial charge >= 0.3 is 0 Å². The summed E-state index contributed by atoms with van der Waals surface area (Å²) in [7, 11) is 0. The van der Waals surface area contributed by atoms with Gasteiger partial charge in [0.05, 0.1) is 5.69 Å². The smallest absolute Gasteiger partial charge is 0.180 e. The van der Waals surface area contributed by atoms with Crippen LogP contribution in [0.5, 0.6) is 0 Å². The minimum Gasteiger partial charge on any atom is -0.375 e. The van der Waals surface area contributed by atoms with Gasteiger partial charge in [-0.3, -0.25) is 5.14 Å². The Morgan fingerprint density at radius 3 is 2.43 bits per heavy atom. The van der Waals surface area contributed by atoms with Crippen molar-refractivity contribution in [2.75, 3.05) is 5.73 Å². The molecule has 0 spiro atoms. The van der Waals surface area contributed by atoms with Crippen molar-refractivity contribution < 1.29 is 0 Å². The van der Waals surface area contributed by atoms with Crippen LogP contribution in [0.15, 0.2) is 34.5 Å². The van der Waals surface area contributed by atoms with E-state index < -0.39 is 0 Å². The molecule has 0 unspecified atom stereocenters. The molecule has 4 N–H and O–H groups in total. The molecule has 0 bridgehead atoms. The minimum atomic E-state index is 0.595. The Morgan fingerprint density at radius 2 is 1.93 bits per heavy atom. The Labute approximate surface area is 90.3 Å². The lowest BCUT2D eigenvalue weighted by Gasteiger charge is -1.97. The third kappa shape index (κ3) is 1.89. The van der Waals surface area contributed by atoms with Crippen molar-refractivity contribution in [3.05, 3.63) is 29.6 Å².